The van der Waals surface area contributed by atoms with Crippen LogP contribution < -0.4 is 14.2 Å². The van der Waals surface area contributed by atoms with Gasteiger partial charge in [-0.2, -0.15) is 0 Å². The summed E-state index contributed by atoms with van der Waals surface area (Å²) in [6, 6.07) is 14.5. The minimum absolute atomic E-state index is 0.0657. The van der Waals surface area contributed by atoms with Crippen LogP contribution in [0.1, 0.15) is 44.7 Å². The Balaban J connectivity index is 1.82. The van der Waals surface area contributed by atoms with Crippen LogP contribution in [0.25, 0.3) is 0 Å². The standard InChI is InChI=1S/C29H45NO5Si/c1-28(2,3)36(7,8)35-15-14-29(18-22-12-10-9-11-13-22)19-26(31)30(21-29)20-23-16-24(32-4)27(34-6)25(17-23)33-5/h9-13,16-17,26,31H,14-15,18-21H2,1-8H3. The molecule has 2 aromatic rings. The monoisotopic (exact) mass is 515 g/mol. The van der Waals surface area contributed by atoms with Gasteiger partial charge in [0.15, 0.2) is 19.8 Å². The quantitative estimate of drug-likeness (QED) is 0.377. The van der Waals surface area contributed by atoms with Crippen LogP contribution in [0.5, 0.6) is 17.2 Å². The first-order valence-corrected chi connectivity index (χ1v) is 15.7. The van der Waals surface area contributed by atoms with Crippen LogP contribution >= 0.6 is 0 Å². The van der Waals surface area contributed by atoms with Crippen LogP contribution in [-0.2, 0) is 17.4 Å². The summed E-state index contributed by atoms with van der Waals surface area (Å²) in [7, 11) is 3.01. The molecule has 0 saturated carbocycles. The van der Waals surface area contributed by atoms with Crippen LogP contribution in [0.15, 0.2) is 42.5 Å². The molecule has 36 heavy (non-hydrogen) atoms. The average Bonchev–Trinajstić information content (AvgIpc) is 3.12. The minimum atomic E-state index is -1.84. The number of aliphatic hydroxyl groups excluding tert-OH is 1. The van der Waals surface area contributed by atoms with Crippen molar-refractivity contribution in [3.63, 3.8) is 0 Å². The van der Waals surface area contributed by atoms with Crippen molar-refractivity contribution in [2.45, 2.75) is 70.9 Å². The first-order chi connectivity index (χ1) is 16.9. The zero-order valence-electron chi connectivity index (χ0n) is 23.4. The molecule has 2 atom stereocenters. The Morgan fingerprint density at radius 2 is 1.58 bits per heavy atom. The first kappa shape index (κ1) is 28.5. The molecule has 0 bridgehead atoms. The maximum atomic E-state index is 11.2. The minimum Gasteiger partial charge on any atom is -0.493 e. The number of methoxy groups -OCH3 is 3. The Morgan fingerprint density at radius 3 is 2.11 bits per heavy atom. The fourth-order valence-electron chi connectivity index (χ4n) is 4.91. The highest BCUT2D eigenvalue weighted by atomic mass is 28.4. The summed E-state index contributed by atoms with van der Waals surface area (Å²) in [5.74, 6) is 1.82. The topological polar surface area (TPSA) is 60.4 Å². The molecule has 0 spiro atoms. The van der Waals surface area contributed by atoms with E-state index >= 15 is 0 Å². The largest absolute Gasteiger partial charge is 0.493 e. The molecule has 1 heterocycles. The summed E-state index contributed by atoms with van der Waals surface area (Å²) < 4.78 is 23.1. The number of nitrogens with zero attached hydrogens (tertiary/aromatic N) is 1. The molecule has 200 valence electrons. The molecule has 0 radical (unpaired) electrons. The number of rotatable bonds is 11. The third-order valence-electron chi connectivity index (χ3n) is 8.01. The third kappa shape index (κ3) is 6.62. The molecule has 3 rings (SSSR count). The Kier molecular flexibility index (Phi) is 9.14. The average molecular weight is 516 g/mol. The molecule has 0 aliphatic carbocycles. The summed E-state index contributed by atoms with van der Waals surface area (Å²) in [5, 5.41) is 11.4. The summed E-state index contributed by atoms with van der Waals surface area (Å²) in [4.78, 5) is 2.16. The van der Waals surface area contributed by atoms with Gasteiger partial charge in [0, 0.05) is 19.7 Å². The van der Waals surface area contributed by atoms with Gasteiger partial charge in [0.1, 0.15) is 6.23 Å². The number of benzene rings is 2. The second kappa shape index (κ2) is 11.5. The predicted octanol–water partition coefficient (Wildman–Crippen LogP) is 5.88. The van der Waals surface area contributed by atoms with Crippen molar-refractivity contribution in [3.8, 4) is 17.2 Å². The van der Waals surface area contributed by atoms with Gasteiger partial charge in [0.05, 0.1) is 21.3 Å². The molecular weight excluding hydrogens is 470 g/mol. The molecule has 7 heteroatoms. The van der Waals surface area contributed by atoms with E-state index in [-0.39, 0.29) is 10.5 Å². The second-order valence-electron chi connectivity index (χ2n) is 11.6. The number of hydrogen-bond acceptors (Lipinski definition) is 6. The van der Waals surface area contributed by atoms with Crippen LogP contribution in [0.2, 0.25) is 18.1 Å². The van der Waals surface area contributed by atoms with Gasteiger partial charge in [0.25, 0.3) is 0 Å². The van der Waals surface area contributed by atoms with E-state index in [9.17, 15) is 5.11 Å². The van der Waals surface area contributed by atoms with E-state index in [4.69, 9.17) is 18.6 Å². The summed E-state index contributed by atoms with van der Waals surface area (Å²) in [5.41, 5.74) is 2.24. The molecule has 2 aromatic carbocycles. The first-order valence-electron chi connectivity index (χ1n) is 12.8. The van der Waals surface area contributed by atoms with Crippen molar-refractivity contribution >= 4 is 8.32 Å². The zero-order valence-corrected chi connectivity index (χ0v) is 24.4. The number of aliphatic hydroxyl groups is 1. The van der Waals surface area contributed by atoms with Gasteiger partial charge in [0.2, 0.25) is 5.75 Å². The fraction of sp³-hybridized carbons (Fsp3) is 0.586. The lowest BCUT2D eigenvalue weighted by atomic mass is 9.78. The fourth-order valence-corrected chi connectivity index (χ4v) is 5.95. The highest BCUT2D eigenvalue weighted by Gasteiger charge is 2.44. The maximum absolute atomic E-state index is 11.2. The maximum Gasteiger partial charge on any atom is 0.203 e. The van der Waals surface area contributed by atoms with Crippen molar-refractivity contribution in [2.75, 3.05) is 34.5 Å². The zero-order chi connectivity index (χ0) is 26.6. The molecule has 1 N–H and O–H groups in total. The molecule has 6 nitrogen and oxygen atoms in total. The van der Waals surface area contributed by atoms with Gasteiger partial charge >= 0.3 is 0 Å². The van der Waals surface area contributed by atoms with Crippen LogP contribution in [0.3, 0.4) is 0 Å². The Morgan fingerprint density at radius 1 is 0.972 bits per heavy atom. The van der Waals surface area contributed by atoms with Crippen LogP contribution in [0, 0.1) is 5.41 Å². The van der Waals surface area contributed by atoms with Crippen molar-refractivity contribution in [3.05, 3.63) is 53.6 Å². The van der Waals surface area contributed by atoms with Crippen molar-refractivity contribution in [1.29, 1.82) is 0 Å². The molecule has 2 unspecified atom stereocenters. The molecule has 1 saturated heterocycles. The smallest absolute Gasteiger partial charge is 0.203 e. The van der Waals surface area contributed by atoms with Gasteiger partial charge in [-0.15, -0.1) is 0 Å². The molecule has 0 aromatic heterocycles. The van der Waals surface area contributed by atoms with E-state index in [2.05, 4.69) is 69.1 Å². The van der Waals surface area contributed by atoms with Gasteiger partial charge in [-0.3, -0.25) is 4.90 Å². The lowest BCUT2D eigenvalue weighted by Crippen LogP contribution is -2.42. The van der Waals surface area contributed by atoms with Gasteiger partial charge < -0.3 is 23.7 Å². The predicted molar refractivity (Wildman–Crippen MR) is 147 cm³/mol. The van der Waals surface area contributed by atoms with Crippen LogP contribution in [-0.4, -0.2) is 59.0 Å². The molecule has 1 fully saturated rings. The second-order valence-corrected chi connectivity index (χ2v) is 16.5. The highest BCUT2D eigenvalue weighted by molar-refractivity contribution is 6.74. The number of hydrogen-bond donors (Lipinski definition) is 1. The number of likely N-dealkylation sites (tertiary alicyclic amines) is 1. The Bertz CT molecular complexity index is 966. The van der Waals surface area contributed by atoms with Gasteiger partial charge in [-0.1, -0.05) is 51.1 Å². The van der Waals surface area contributed by atoms with Crippen molar-refractivity contribution in [2.24, 2.45) is 5.41 Å². The number of ether oxygens (including phenoxy) is 3. The Labute approximate surface area is 218 Å². The van der Waals surface area contributed by atoms with Crippen LogP contribution in [0.4, 0.5) is 0 Å². The van der Waals surface area contributed by atoms with Gasteiger partial charge in [-0.25, -0.2) is 0 Å². The van der Waals surface area contributed by atoms with E-state index in [0.717, 1.165) is 24.9 Å². The molecule has 1 aliphatic rings. The lowest BCUT2D eigenvalue weighted by Gasteiger charge is -2.38. The van der Waals surface area contributed by atoms with E-state index in [1.165, 1.54) is 5.56 Å². The van der Waals surface area contributed by atoms with E-state index in [1.54, 1.807) is 21.3 Å². The highest BCUT2D eigenvalue weighted by Crippen LogP contribution is 2.44. The van der Waals surface area contributed by atoms with Gasteiger partial charge in [-0.05, 0) is 66.1 Å². The lowest BCUT2D eigenvalue weighted by molar-refractivity contribution is 0.0325. The third-order valence-corrected chi connectivity index (χ3v) is 12.5. The van der Waals surface area contributed by atoms with E-state index in [1.807, 2.05) is 12.1 Å². The van der Waals surface area contributed by atoms with E-state index < -0.39 is 14.5 Å². The normalized spacial score (nSPS) is 21.0. The summed E-state index contributed by atoms with van der Waals surface area (Å²) in [6.45, 7) is 13.5. The van der Waals surface area contributed by atoms with E-state index in [0.29, 0.717) is 36.8 Å². The summed E-state index contributed by atoms with van der Waals surface area (Å²) in [6.07, 6.45) is 2.02. The Hall–Kier alpha value is -2.06. The SMILES string of the molecule is COc1cc(CN2CC(CCO[Si](C)(C)C(C)(C)C)(Cc3ccccc3)CC2O)cc(OC)c1OC. The van der Waals surface area contributed by atoms with Crippen molar-refractivity contribution in [1.82, 2.24) is 4.90 Å². The molecular formula is C29H45NO5Si. The van der Waals surface area contributed by atoms with Crippen molar-refractivity contribution < 1.29 is 23.7 Å². The molecule has 0 amide bonds. The molecule has 1 aliphatic heterocycles. The summed E-state index contributed by atoms with van der Waals surface area (Å²) >= 11 is 0.